The van der Waals surface area contributed by atoms with E-state index >= 15 is 0 Å². The molecule has 0 unspecified atom stereocenters. The summed E-state index contributed by atoms with van der Waals surface area (Å²) < 4.78 is 11.7. The number of nitrogens with one attached hydrogen (secondary N) is 1. The second-order valence-electron chi connectivity index (χ2n) is 8.46. The van der Waals surface area contributed by atoms with Gasteiger partial charge in [-0.25, -0.2) is 14.6 Å². The predicted molar refractivity (Wildman–Crippen MR) is 134 cm³/mol. The van der Waals surface area contributed by atoms with E-state index in [4.69, 9.17) is 14.4 Å². The fourth-order valence-corrected chi connectivity index (χ4v) is 3.86. The number of aromatic nitrogens is 2. The Labute approximate surface area is 207 Å². The third kappa shape index (κ3) is 5.81. The third-order valence-electron chi connectivity index (χ3n) is 5.78. The number of ether oxygens (including phenoxy) is 1. The number of hydrogen-bond donors (Lipinski definition) is 2. The number of rotatable bonds is 9. The number of aliphatic hydroxyl groups is 1. The lowest BCUT2D eigenvalue weighted by Gasteiger charge is -2.17. The van der Waals surface area contributed by atoms with Crippen molar-refractivity contribution in [2.45, 2.75) is 20.1 Å². The van der Waals surface area contributed by atoms with Crippen molar-refractivity contribution in [1.29, 1.82) is 0 Å². The zero-order valence-corrected chi connectivity index (χ0v) is 20.1. The van der Waals surface area contributed by atoms with Crippen LogP contribution in [0.1, 0.15) is 27.0 Å². The van der Waals surface area contributed by atoms with Gasteiger partial charge in [0.05, 0.1) is 13.2 Å². The fraction of sp³-hybridized carbons (Fsp3) is 0.222. The molecule has 4 aromatic rings. The molecule has 0 bridgehead atoms. The van der Waals surface area contributed by atoms with Crippen LogP contribution in [0.2, 0.25) is 0 Å². The molecular formula is C27H27N3O6. The topological polar surface area (TPSA) is 118 Å². The number of carbonyl (C=O) groups is 1. The molecule has 1 amide bonds. The maximum atomic E-state index is 12.5. The van der Waals surface area contributed by atoms with Crippen LogP contribution in [-0.4, -0.2) is 45.8 Å². The number of amides is 1. The van der Waals surface area contributed by atoms with Crippen molar-refractivity contribution in [2.75, 3.05) is 20.2 Å². The molecular weight excluding hydrogens is 462 g/mol. The molecule has 0 saturated carbocycles. The van der Waals surface area contributed by atoms with Gasteiger partial charge in [-0.2, -0.15) is 0 Å². The van der Waals surface area contributed by atoms with Gasteiger partial charge in [0.15, 0.2) is 0 Å². The smallest absolute Gasteiger partial charge is 0.440 e. The van der Waals surface area contributed by atoms with Crippen molar-refractivity contribution in [3.63, 3.8) is 0 Å². The Balaban J connectivity index is 1.41. The second kappa shape index (κ2) is 10.9. The molecule has 0 fully saturated rings. The van der Waals surface area contributed by atoms with Crippen LogP contribution in [0.25, 0.3) is 11.1 Å². The first-order valence-corrected chi connectivity index (χ1v) is 11.4. The zero-order chi connectivity index (χ0) is 25.7. The molecule has 2 N–H and O–H groups in total. The number of aryl methyl sites for hydroxylation is 1. The Morgan fingerprint density at radius 1 is 1.06 bits per heavy atom. The van der Waals surface area contributed by atoms with Gasteiger partial charge in [0.25, 0.3) is 5.91 Å². The fourth-order valence-electron chi connectivity index (χ4n) is 3.86. The monoisotopic (exact) mass is 489 g/mol. The molecule has 9 nitrogen and oxygen atoms in total. The molecule has 4 rings (SSSR count). The molecule has 3 aromatic carbocycles. The summed E-state index contributed by atoms with van der Waals surface area (Å²) in [5.41, 5.74) is 4.78. The Morgan fingerprint density at radius 2 is 1.83 bits per heavy atom. The number of carbonyl (C=O) groups excluding carboxylic acids is 1. The van der Waals surface area contributed by atoms with Crippen LogP contribution in [0, 0.1) is 6.92 Å². The molecule has 0 radical (unpaired) electrons. The lowest BCUT2D eigenvalue weighted by atomic mass is 9.97. The number of benzene rings is 3. The molecule has 36 heavy (non-hydrogen) atoms. The molecule has 0 aliphatic heterocycles. The molecule has 0 spiro atoms. The summed E-state index contributed by atoms with van der Waals surface area (Å²) in [6.07, 6.45) is 0. The van der Waals surface area contributed by atoms with Crippen LogP contribution >= 0.6 is 0 Å². The Morgan fingerprint density at radius 3 is 2.50 bits per heavy atom. The molecule has 186 valence electrons. The summed E-state index contributed by atoms with van der Waals surface area (Å²) >= 11 is 0. The first kappa shape index (κ1) is 24.7. The summed E-state index contributed by atoms with van der Waals surface area (Å²) in [5.74, 6) is -0.248. The van der Waals surface area contributed by atoms with Crippen LogP contribution in [0.15, 0.2) is 80.8 Å². The van der Waals surface area contributed by atoms with E-state index in [1.54, 1.807) is 37.4 Å². The molecule has 1 heterocycles. The molecule has 1 aromatic heterocycles. The second-order valence-corrected chi connectivity index (χ2v) is 8.46. The van der Waals surface area contributed by atoms with Crippen molar-refractivity contribution in [1.82, 2.24) is 14.6 Å². The maximum absolute atomic E-state index is 12.5. The van der Waals surface area contributed by atoms with Crippen LogP contribution in [0.3, 0.4) is 0 Å². The van der Waals surface area contributed by atoms with Gasteiger partial charge in [0, 0.05) is 19.2 Å². The highest BCUT2D eigenvalue weighted by atomic mass is 16.5. The highest BCUT2D eigenvalue weighted by Crippen LogP contribution is 2.26. The van der Waals surface area contributed by atoms with Gasteiger partial charge in [-0.05, 0) is 65.1 Å². The number of nitrogens with zero attached hydrogens (tertiary/aromatic N) is 2. The zero-order valence-electron chi connectivity index (χ0n) is 20.1. The van der Waals surface area contributed by atoms with Crippen molar-refractivity contribution in [2.24, 2.45) is 0 Å². The quantitative estimate of drug-likeness (QED) is 0.373. The Bertz CT molecular complexity index is 1470. The average Bonchev–Trinajstić information content (AvgIpc) is 3.19. The molecule has 0 atom stereocenters. The van der Waals surface area contributed by atoms with E-state index in [-0.39, 0.29) is 25.6 Å². The van der Waals surface area contributed by atoms with E-state index in [9.17, 15) is 14.4 Å². The lowest BCUT2D eigenvalue weighted by molar-refractivity contribution is 0.0767. The number of likely N-dealkylation sites (N-methyl/N-ethyl adjacent to an activating group) is 1. The van der Waals surface area contributed by atoms with Crippen molar-refractivity contribution in [3.05, 3.63) is 110 Å². The van der Waals surface area contributed by atoms with Crippen molar-refractivity contribution >= 4 is 5.91 Å². The van der Waals surface area contributed by atoms with Gasteiger partial charge in [0.1, 0.15) is 12.4 Å². The highest BCUT2D eigenvalue weighted by molar-refractivity contribution is 5.95. The van der Waals surface area contributed by atoms with E-state index < -0.39 is 11.4 Å². The van der Waals surface area contributed by atoms with Crippen LogP contribution < -0.4 is 16.2 Å². The van der Waals surface area contributed by atoms with E-state index in [1.807, 2.05) is 42.2 Å². The first-order valence-electron chi connectivity index (χ1n) is 11.4. The van der Waals surface area contributed by atoms with E-state index in [1.165, 1.54) is 4.90 Å². The van der Waals surface area contributed by atoms with Crippen LogP contribution in [0.4, 0.5) is 0 Å². The molecule has 0 saturated heterocycles. The number of H-pyrrole nitrogens is 1. The lowest BCUT2D eigenvalue weighted by Crippen LogP contribution is -2.29. The number of hydrogen-bond acceptors (Lipinski definition) is 6. The normalized spacial score (nSPS) is 10.9. The van der Waals surface area contributed by atoms with Gasteiger partial charge < -0.3 is 19.3 Å². The molecule has 9 heteroatoms. The summed E-state index contributed by atoms with van der Waals surface area (Å²) in [7, 11) is 1.67. The largest absolute Gasteiger partial charge is 0.489 e. The van der Waals surface area contributed by atoms with Gasteiger partial charge in [-0.15, -0.1) is 4.74 Å². The van der Waals surface area contributed by atoms with E-state index in [2.05, 4.69) is 6.07 Å². The predicted octanol–water partition coefficient (Wildman–Crippen LogP) is 2.80. The van der Waals surface area contributed by atoms with E-state index in [0.29, 0.717) is 17.9 Å². The van der Waals surface area contributed by atoms with Crippen LogP contribution in [-0.2, 0) is 13.2 Å². The summed E-state index contributed by atoms with van der Waals surface area (Å²) in [4.78, 5) is 38.7. The minimum absolute atomic E-state index is 0.0766. The van der Waals surface area contributed by atoms with Gasteiger partial charge in [-0.1, -0.05) is 36.4 Å². The third-order valence-corrected chi connectivity index (χ3v) is 5.78. The summed E-state index contributed by atoms with van der Waals surface area (Å²) in [6, 6.07) is 20.8. The highest BCUT2D eigenvalue weighted by Gasteiger charge is 2.13. The molecule has 0 aliphatic carbocycles. The Hall–Kier alpha value is -4.37. The minimum atomic E-state index is -0.785. The van der Waals surface area contributed by atoms with Crippen molar-refractivity contribution < 1.29 is 19.2 Å². The van der Waals surface area contributed by atoms with Gasteiger partial charge in [0.2, 0.25) is 0 Å². The van der Waals surface area contributed by atoms with E-state index in [0.717, 1.165) is 32.6 Å². The maximum Gasteiger partial charge on any atom is 0.440 e. The average molecular weight is 490 g/mol. The van der Waals surface area contributed by atoms with Gasteiger partial charge in [-0.3, -0.25) is 4.79 Å². The number of aliphatic hydroxyl groups excluding tert-OH is 1. The van der Waals surface area contributed by atoms with Gasteiger partial charge >= 0.3 is 11.4 Å². The summed E-state index contributed by atoms with van der Waals surface area (Å²) in [5, 5.41) is 9.07. The Kier molecular flexibility index (Phi) is 7.50. The van der Waals surface area contributed by atoms with Crippen LogP contribution in [0.5, 0.6) is 5.75 Å². The minimum Gasteiger partial charge on any atom is -0.489 e. The summed E-state index contributed by atoms with van der Waals surface area (Å²) in [6.45, 7) is 2.68. The standard InChI is InChI=1S/C27H27N3O6/c1-18-14-22(25(32)29(2)12-13-31)8-11-24(18)21-5-3-4-20(15-21)17-35-23-9-6-19(7-10-23)16-30-26(33)28-27(34)36-30/h3-11,14-15,31H,12-13,16-17H2,1-2H3,(H,28,33,34). The first-order chi connectivity index (χ1) is 17.3. The number of aromatic amines is 1. The SMILES string of the molecule is Cc1cc(C(=O)N(C)CCO)ccc1-c1cccc(COc2ccc(Cn3oc(=O)[nH]c3=O)cc2)c1. The van der Waals surface area contributed by atoms with Crippen molar-refractivity contribution in [3.8, 4) is 16.9 Å². The molecule has 0 aliphatic rings.